The van der Waals surface area contributed by atoms with E-state index in [9.17, 15) is 9.59 Å². The van der Waals surface area contributed by atoms with Gasteiger partial charge in [0.1, 0.15) is 12.4 Å². The van der Waals surface area contributed by atoms with E-state index in [-0.39, 0.29) is 10.2 Å². The molecule has 3 aromatic carbocycles. The van der Waals surface area contributed by atoms with Crippen LogP contribution in [0.1, 0.15) is 27.0 Å². The number of nitrogens with one attached hydrogen (secondary N) is 1. The second-order valence-corrected chi connectivity index (χ2v) is 9.36. The molecule has 166 valence electrons. The van der Waals surface area contributed by atoms with Crippen molar-refractivity contribution in [2.24, 2.45) is 0 Å². The predicted molar refractivity (Wildman–Crippen MR) is 136 cm³/mol. The maximum absolute atomic E-state index is 12.9. The summed E-state index contributed by atoms with van der Waals surface area (Å²) >= 11 is 12.6. The lowest BCUT2D eigenvalue weighted by Gasteiger charge is -2.15. The lowest BCUT2D eigenvalue weighted by atomic mass is 10.1. The molecule has 0 bridgehead atoms. The van der Waals surface area contributed by atoms with Gasteiger partial charge in [-0.1, -0.05) is 71.4 Å². The molecule has 1 aliphatic rings. The minimum atomic E-state index is -0.400. The molecule has 3 aromatic rings. The summed E-state index contributed by atoms with van der Waals surface area (Å²) in [5.41, 5.74) is 5.74. The van der Waals surface area contributed by atoms with Gasteiger partial charge in [-0.3, -0.25) is 15.0 Å². The monoisotopic (exact) mass is 494 g/mol. The van der Waals surface area contributed by atoms with Crippen molar-refractivity contribution in [3.05, 3.63) is 105 Å². The Morgan fingerprint density at radius 1 is 1.12 bits per heavy atom. The Morgan fingerprint density at radius 2 is 1.88 bits per heavy atom. The number of hydrazine groups is 1. The van der Waals surface area contributed by atoms with Crippen LogP contribution in [0, 0.1) is 6.92 Å². The molecule has 0 atom stereocenters. The molecule has 0 saturated carbocycles. The number of carbonyl (C=O) groups is 2. The molecule has 0 radical (unpaired) electrons. The second-order valence-electron chi connectivity index (χ2n) is 7.28. The molecule has 0 spiro atoms. The van der Waals surface area contributed by atoms with E-state index in [1.54, 1.807) is 18.2 Å². The van der Waals surface area contributed by atoms with E-state index in [1.165, 1.54) is 0 Å². The first-order chi connectivity index (χ1) is 15.9. The quantitative estimate of drug-likeness (QED) is 0.348. The van der Waals surface area contributed by atoms with E-state index in [1.807, 2.05) is 67.6 Å². The summed E-state index contributed by atoms with van der Waals surface area (Å²) in [6.07, 6.45) is 1.72. The zero-order valence-electron chi connectivity index (χ0n) is 17.6. The highest BCUT2D eigenvalue weighted by molar-refractivity contribution is 8.26. The molecule has 1 fully saturated rings. The molecule has 33 heavy (non-hydrogen) atoms. The van der Waals surface area contributed by atoms with Gasteiger partial charge in [-0.05, 0) is 61.1 Å². The van der Waals surface area contributed by atoms with Crippen molar-refractivity contribution in [2.45, 2.75) is 13.5 Å². The number of thiocarbonyl (C=S) groups is 1. The fourth-order valence-electron chi connectivity index (χ4n) is 3.06. The maximum Gasteiger partial charge on any atom is 0.285 e. The first-order valence-electron chi connectivity index (χ1n) is 10.0. The Hall–Kier alpha value is -3.13. The fraction of sp³-hybridized carbons (Fsp3) is 0.0800. The number of hydrogen-bond acceptors (Lipinski definition) is 5. The number of aryl methyl sites for hydroxylation is 1. The first-order valence-corrected chi connectivity index (χ1v) is 11.6. The predicted octanol–water partition coefficient (Wildman–Crippen LogP) is 5.77. The van der Waals surface area contributed by atoms with Crippen LogP contribution in [-0.4, -0.2) is 21.1 Å². The third kappa shape index (κ3) is 5.63. The van der Waals surface area contributed by atoms with Crippen LogP contribution < -0.4 is 10.2 Å². The van der Waals surface area contributed by atoms with E-state index < -0.39 is 5.91 Å². The van der Waals surface area contributed by atoms with Crippen molar-refractivity contribution >= 4 is 57.8 Å². The number of thioether (sulfide) groups is 1. The summed E-state index contributed by atoms with van der Waals surface area (Å²) in [5.74, 6) is -0.137. The molecule has 0 aromatic heterocycles. The van der Waals surface area contributed by atoms with Crippen LogP contribution in [0.25, 0.3) is 6.08 Å². The smallest absolute Gasteiger partial charge is 0.285 e. The molecule has 1 heterocycles. The van der Waals surface area contributed by atoms with Crippen LogP contribution >= 0.6 is 35.6 Å². The van der Waals surface area contributed by atoms with Gasteiger partial charge in [-0.15, -0.1) is 0 Å². The minimum Gasteiger partial charge on any atom is -0.489 e. The Balaban J connectivity index is 1.44. The minimum absolute atomic E-state index is 0.262. The molecule has 4 rings (SSSR count). The van der Waals surface area contributed by atoms with Crippen molar-refractivity contribution < 1.29 is 14.3 Å². The van der Waals surface area contributed by atoms with E-state index in [2.05, 4.69) is 5.43 Å². The van der Waals surface area contributed by atoms with Gasteiger partial charge in [0.2, 0.25) is 0 Å². The van der Waals surface area contributed by atoms with Gasteiger partial charge in [-0.2, -0.15) is 5.01 Å². The van der Waals surface area contributed by atoms with Crippen molar-refractivity contribution in [1.82, 2.24) is 10.4 Å². The second kappa shape index (κ2) is 10.2. The van der Waals surface area contributed by atoms with E-state index in [4.69, 9.17) is 28.6 Å². The lowest BCUT2D eigenvalue weighted by molar-refractivity contribution is -0.123. The number of rotatable bonds is 6. The molecular formula is C25H19ClN2O3S2. The fourth-order valence-corrected chi connectivity index (χ4v) is 4.43. The van der Waals surface area contributed by atoms with Crippen LogP contribution in [0.3, 0.4) is 0 Å². The largest absolute Gasteiger partial charge is 0.489 e. The van der Waals surface area contributed by atoms with Crippen molar-refractivity contribution in [3.63, 3.8) is 0 Å². The maximum atomic E-state index is 12.9. The molecule has 0 unspecified atom stereocenters. The number of amides is 2. The Kier molecular flexibility index (Phi) is 7.13. The molecule has 0 aliphatic carbocycles. The number of ether oxygens (including phenoxy) is 1. The van der Waals surface area contributed by atoms with Gasteiger partial charge < -0.3 is 4.74 Å². The molecule has 5 nitrogen and oxygen atoms in total. The first kappa shape index (κ1) is 23.0. The van der Waals surface area contributed by atoms with E-state index in [0.29, 0.717) is 27.8 Å². The van der Waals surface area contributed by atoms with Crippen molar-refractivity contribution in [1.29, 1.82) is 0 Å². The van der Waals surface area contributed by atoms with Crippen LogP contribution in [0.5, 0.6) is 5.75 Å². The Labute approximate surface area is 206 Å². The topological polar surface area (TPSA) is 58.6 Å². The number of hydrogen-bond donors (Lipinski definition) is 1. The summed E-state index contributed by atoms with van der Waals surface area (Å²) in [6.45, 7) is 2.27. The van der Waals surface area contributed by atoms with Gasteiger partial charge in [0.05, 0.1) is 4.91 Å². The van der Waals surface area contributed by atoms with Crippen molar-refractivity contribution in [3.8, 4) is 5.75 Å². The van der Waals surface area contributed by atoms with E-state index >= 15 is 0 Å². The summed E-state index contributed by atoms with van der Waals surface area (Å²) < 4.78 is 6.12. The lowest BCUT2D eigenvalue weighted by Crippen LogP contribution is -2.44. The van der Waals surface area contributed by atoms with Crippen LogP contribution in [-0.2, 0) is 11.4 Å². The Bertz CT molecular complexity index is 1260. The number of benzene rings is 3. The molecule has 1 saturated heterocycles. The average molecular weight is 495 g/mol. The number of nitrogens with zero attached hydrogens (tertiary/aromatic N) is 1. The highest BCUT2D eigenvalue weighted by atomic mass is 35.5. The highest BCUT2D eigenvalue weighted by Crippen LogP contribution is 2.32. The third-order valence-electron chi connectivity index (χ3n) is 4.83. The third-order valence-corrected chi connectivity index (χ3v) is 6.50. The molecule has 1 N–H and O–H groups in total. The van der Waals surface area contributed by atoms with Gasteiger partial charge in [-0.25, -0.2) is 0 Å². The standard InChI is InChI=1S/C25H19ClN2O3S2/c1-16-9-11-18(12-10-16)23(29)27-28-24(30)22(33-25(28)32)14-17-5-4-7-20(13-17)31-15-19-6-2-3-8-21(19)26/h2-14H,15H2,1H3,(H,27,29)/b22-14+. The van der Waals surface area contributed by atoms with Gasteiger partial charge in [0.15, 0.2) is 4.32 Å². The molecule has 8 heteroatoms. The SMILES string of the molecule is Cc1ccc(C(=O)NN2C(=O)/C(=C\c3cccc(OCc4ccccc4Cl)c3)SC2=S)cc1. The van der Waals surface area contributed by atoms with Crippen LogP contribution in [0.4, 0.5) is 0 Å². The van der Waals surface area contributed by atoms with Gasteiger partial charge in [0.25, 0.3) is 11.8 Å². The molecule has 2 amide bonds. The van der Waals surface area contributed by atoms with E-state index in [0.717, 1.165) is 33.5 Å². The molecule has 1 aliphatic heterocycles. The van der Waals surface area contributed by atoms with Gasteiger partial charge >= 0.3 is 0 Å². The summed E-state index contributed by atoms with van der Waals surface area (Å²) in [5, 5.41) is 1.75. The van der Waals surface area contributed by atoms with Crippen molar-refractivity contribution in [2.75, 3.05) is 0 Å². The molecular weight excluding hydrogens is 476 g/mol. The number of carbonyl (C=O) groups excluding carboxylic acids is 2. The van der Waals surface area contributed by atoms with Gasteiger partial charge in [0, 0.05) is 16.1 Å². The summed E-state index contributed by atoms with van der Waals surface area (Å²) in [6, 6.07) is 21.9. The number of halogens is 1. The van der Waals surface area contributed by atoms with Crippen LogP contribution in [0.2, 0.25) is 5.02 Å². The summed E-state index contributed by atoms with van der Waals surface area (Å²) in [7, 11) is 0. The van der Waals surface area contributed by atoms with Crippen LogP contribution in [0.15, 0.2) is 77.7 Å². The normalized spacial score (nSPS) is 14.6. The summed E-state index contributed by atoms with van der Waals surface area (Å²) in [4.78, 5) is 25.8. The highest BCUT2D eigenvalue weighted by Gasteiger charge is 2.33. The Morgan fingerprint density at radius 3 is 2.64 bits per heavy atom. The zero-order valence-corrected chi connectivity index (χ0v) is 20.0. The zero-order chi connectivity index (χ0) is 23.4. The average Bonchev–Trinajstić information content (AvgIpc) is 3.06.